The van der Waals surface area contributed by atoms with E-state index in [0.717, 1.165) is 26.2 Å². The number of carbonyl (C=O) groups is 1. The molecule has 0 spiro atoms. The van der Waals surface area contributed by atoms with Crippen LogP contribution in [0.5, 0.6) is 0 Å². The van der Waals surface area contributed by atoms with E-state index in [1.165, 1.54) is 5.56 Å². The zero-order chi connectivity index (χ0) is 16.2. The minimum atomic E-state index is -0.328. The number of ether oxygens (including phenoxy) is 1. The van der Waals surface area contributed by atoms with E-state index < -0.39 is 0 Å². The molecule has 1 aliphatic heterocycles. The van der Waals surface area contributed by atoms with Gasteiger partial charge in [-0.05, 0) is 43.2 Å². The maximum absolute atomic E-state index is 12.2. The quantitative estimate of drug-likeness (QED) is 0.905. The predicted octanol–water partition coefficient (Wildman–Crippen LogP) is 2.56. The van der Waals surface area contributed by atoms with E-state index in [-0.39, 0.29) is 11.6 Å². The molecule has 1 fully saturated rings. The number of urea groups is 1. The average molecular weight is 325 g/mol. The van der Waals surface area contributed by atoms with E-state index >= 15 is 0 Å². The second-order valence-corrected chi connectivity index (χ2v) is 7.16. The first-order chi connectivity index (χ1) is 10.4. The van der Waals surface area contributed by atoms with E-state index in [0.29, 0.717) is 12.6 Å². The van der Waals surface area contributed by atoms with Crippen LogP contribution in [0.2, 0.25) is 0 Å². The molecule has 5 nitrogen and oxygen atoms in total. The van der Waals surface area contributed by atoms with Crippen LogP contribution in [0.15, 0.2) is 16.8 Å². The topological polar surface area (TPSA) is 44.8 Å². The molecule has 22 heavy (non-hydrogen) atoms. The Morgan fingerprint density at radius 2 is 2.09 bits per heavy atom. The molecule has 0 bridgehead atoms. The summed E-state index contributed by atoms with van der Waals surface area (Å²) in [6.07, 6.45) is 0. The summed E-state index contributed by atoms with van der Waals surface area (Å²) in [5, 5.41) is 7.28. The van der Waals surface area contributed by atoms with Crippen molar-refractivity contribution in [1.29, 1.82) is 0 Å². The van der Waals surface area contributed by atoms with Gasteiger partial charge < -0.3 is 15.0 Å². The summed E-state index contributed by atoms with van der Waals surface area (Å²) < 4.78 is 5.32. The van der Waals surface area contributed by atoms with Crippen LogP contribution in [0.4, 0.5) is 4.79 Å². The van der Waals surface area contributed by atoms with Crippen molar-refractivity contribution in [2.75, 3.05) is 39.8 Å². The summed E-state index contributed by atoms with van der Waals surface area (Å²) in [5.41, 5.74) is 1.04. The van der Waals surface area contributed by atoms with Crippen LogP contribution in [-0.4, -0.2) is 61.3 Å². The second-order valence-electron chi connectivity index (χ2n) is 6.38. The molecule has 1 aromatic heterocycles. The fourth-order valence-electron chi connectivity index (χ4n) is 2.51. The summed E-state index contributed by atoms with van der Waals surface area (Å²) in [4.78, 5) is 16.5. The number of amides is 2. The summed E-state index contributed by atoms with van der Waals surface area (Å²) in [7, 11) is 1.66. The zero-order valence-electron chi connectivity index (χ0n) is 14.0. The molecule has 1 aliphatic rings. The number of nitrogens with zero attached hydrogens (tertiary/aromatic N) is 2. The number of nitrogens with one attached hydrogen (secondary N) is 1. The monoisotopic (exact) mass is 325 g/mol. The Morgan fingerprint density at radius 1 is 1.41 bits per heavy atom. The Morgan fingerprint density at radius 3 is 2.64 bits per heavy atom. The SMILES string of the molecule is COC(C)(C)CNC(=O)N1CCN([C@@H](C)c2ccsc2)CC1. The van der Waals surface area contributed by atoms with Gasteiger partial charge in [0.05, 0.1) is 5.60 Å². The standard InChI is InChI=1S/C16H27N3O2S/c1-13(14-5-10-22-11-14)18-6-8-19(9-7-18)15(20)17-12-16(2,3)21-4/h5,10-11,13H,6-9,12H2,1-4H3,(H,17,20)/t13-/m0/s1. The fourth-order valence-corrected chi connectivity index (χ4v) is 3.26. The van der Waals surface area contributed by atoms with Crippen LogP contribution in [0.3, 0.4) is 0 Å². The van der Waals surface area contributed by atoms with Gasteiger partial charge in [-0.1, -0.05) is 0 Å². The van der Waals surface area contributed by atoms with Crippen molar-refractivity contribution in [2.45, 2.75) is 32.4 Å². The first-order valence-corrected chi connectivity index (χ1v) is 8.71. The molecular formula is C16H27N3O2S. The Kier molecular flexibility index (Phi) is 5.83. The Hall–Kier alpha value is -1.11. The van der Waals surface area contributed by atoms with Crippen molar-refractivity contribution in [2.24, 2.45) is 0 Å². The lowest BCUT2D eigenvalue weighted by Gasteiger charge is -2.38. The molecule has 1 N–H and O–H groups in total. The van der Waals surface area contributed by atoms with Gasteiger partial charge in [0.1, 0.15) is 0 Å². The van der Waals surface area contributed by atoms with Crippen molar-refractivity contribution in [3.05, 3.63) is 22.4 Å². The molecule has 0 radical (unpaired) electrons. The maximum atomic E-state index is 12.2. The Labute approximate surface area is 137 Å². The third-order valence-electron chi connectivity index (χ3n) is 4.39. The third kappa shape index (κ3) is 4.44. The molecular weight excluding hydrogens is 298 g/mol. The van der Waals surface area contributed by atoms with Gasteiger partial charge in [-0.25, -0.2) is 4.79 Å². The molecule has 124 valence electrons. The number of carbonyl (C=O) groups excluding carboxylic acids is 1. The fraction of sp³-hybridized carbons (Fsp3) is 0.688. The lowest BCUT2D eigenvalue weighted by molar-refractivity contribution is 0.0235. The lowest BCUT2D eigenvalue weighted by Crippen LogP contribution is -2.53. The van der Waals surface area contributed by atoms with E-state index in [1.54, 1.807) is 18.4 Å². The number of piperazine rings is 1. The third-order valence-corrected chi connectivity index (χ3v) is 5.09. The van der Waals surface area contributed by atoms with Crippen molar-refractivity contribution in [3.8, 4) is 0 Å². The van der Waals surface area contributed by atoms with E-state index in [2.05, 4.69) is 34.0 Å². The van der Waals surface area contributed by atoms with Crippen molar-refractivity contribution in [1.82, 2.24) is 15.1 Å². The maximum Gasteiger partial charge on any atom is 0.317 e. The van der Waals surface area contributed by atoms with E-state index in [1.807, 2.05) is 18.7 Å². The van der Waals surface area contributed by atoms with Crippen molar-refractivity contribution in [3.63, 3.8) is 0 Å². The van der Waals surface area contributed by atoms with Gasteiger partial charge in [-0.15, -0.1) is 0 Å². The van der Waals surface area contributed by atoms with Crippen LogP contribution < -0.4 is 5.32 Å². The highest BCUT2D eigenvalue weighted by molar-refractivity contribution is 7.07. The van der Waals surface area contributed by atoms with Crippen molar-refractivity contribution >= 4 is 17.4 Å². The average Bonchev–Trinajstić information content (AvgIpc) is 3.06. The van der Waals surface area contributed by atoms with Gasteiger partial charge in [0.25, 0.3) is 0 Å². The first-order valence-electron chi connectivity index (χ1n) is 7.77. The molecule has 0 unspecified atom stereocenters. The van der Waals surface area contributed by atoms with Gasteiger partial charge in [0.15, 0.2) is 0 Å². The van der Waals surface area contributed by atoms with E-state index in [9.17, 15) is 4.79 Å². The van der Waals surface area contributed by atoms with Crippen LogP contribution >= 0.6 is 11.3 Å². The predicted molar refractivity (Wildman–Crippen MR) is 90.4 cm³/mol. The van der Waals surface area contributed by atoms with Gasteiger partial charge in [0, 0.05) is 45.9 Å². The highest BCUT2D eigenvalue weighted by Crippen LogP contribution is 2.23. The zero-order valence-corrected chi connectivity index (χ0v) is 14.8. The summed E-state index contributed by atoms with van der Waals surface area (Å²) >= 11 is 1.74. The van der Waals surface area contributed by atoms with E-state index in [4.69, 9.17) is 4.74 Å². The second kappa shape index (κ2) is 7.44. The Bertz CT molecular complexity index is 468. The number of thiophene rings is 1. The van der Waals surface area contributed by atoms with Crippen LogP contribution in [0.25, 0.3) is 0 Å². The van der Waals surface area contributed by atoms with Crippen LogP contribution in [0.1, 0.15) is 32.4 Å². The minimum absolute atomic E-state index is 0.00737. The normalized spacial score (nSPS) is 18.3. The molecule has 1 atom stereocenters. The number of hydrogen-bond acceptors (Lipinski definition) is 4. The molecule has 0 saturated carbocycles. The molecule has 6 heteroatoms. The molecule has 0 aliphatic carbocycles. The highest BCUT2D eigenvalue weighted by Gasteiger charge is 2.26. The van der Waals surface area contributed by atoms with Crippen molar-refractivity contribution < 1.29 is 9.53 Å². The van der Waals surface area contributed by atoms with Gasteiger partial charge in [-0.2, -0.15) is 11.3 Å². The number of hydrogen-bond donors (Lipinski definition) is 1. The molecule has 2 heterocycles. The minimum Gasteiger partial charge on any atom is -0.377 e. The van der Waals surface area contributed by atoms with Gasteiger partial charge in [-0.3, -0.25) is 4.90 Å². The molecule has 1 saturated heterocycles. The molecule has 1 aromatic rings. The number of rotatable bonds is 5. The number of methoxy groups -OCH3 is 1. The van der Waals surface area contributed by atoms with Crippen LogP contribution in [-0.2, 0) is 4.74 Å². The lowest BCUT2D eigenvalue weighted by atomic mass is 10.1. The summed E-state index contributed by atoms with van der Waals surface area (Å²) in [6.45, 7) is 10.1. The van der Waals surface area contributed by atoms with Gasteiger partial charge >= 0.3 is 6.03 Å². The highest BCUT2D eigenvalue weighted by atomic mass is 32.1. The summed E-state index contributed by atoms with van der Waals surface area (Å²) in [6, 6.07) is 2.61. The van der Waals surface area contributed by atoms with Crippen LogP contribution in [0, 0.1) is 0 Å². The largest absolute Gasteiger partial charge is 0.377 e. The molecule has 0 aromatic carbocycles. The first kappa shape index (κ1) is 17.2. The Balaban J connectivity index is 1.78. The molecule has 2 rings (SSSR count). The smallest absolute Gasteiger partial charge is 0.317 e. The summed E-state index contributed by atoms with van der Waals surface area (Å²) in [5.74, 6) is 0. The van der Waals surface area contributed by atoms with Gasteiger partial charge in [0.2, 0.25) is 0 Å². The molecule has 2 amide bonds.